The maximum Gasteiger partial charge on any atom is 0.297 e. The van der Waals surface area contributed by atoms with Crippen LogP contribution in [-0.4, -0.2) is 12.5 Å². The molecule has 0 aliphatic rings. The van der Waals surface area contributed by atoms with Crippen LogP contribution in [0.3, 0.4) is 0 Å². The molecule has 1 nitrogen and oxygen atoms in total. The lowest BCUT2D eigenvalue weighted by molar-refractivity contribution is -0.126. The van der Waals surface area contributed by atoms with Gasteiger partial charge in [0.25, 0.3) is 5.92 Å². The summed E-state index contributed by atoms with van der Waals surface area (Å²) in [5.41, 5.74) is 2.85. The molecule has 15 heavy (non-hydrogen) atoms. The van der Waals surface area contributed by atoms with Gasteiger partial charge in [0.2, 0.25) is 0 Å². The highest BCUT2D eigenvalue weighted by molar-refractivity contribution is 5.29. The minimum absolute atomic E-state index is 0.0436. The van der Waals surface area contributed by atoms with Crippen molar-refractivity contribution >= 4 is 0 Å². The fraction of sp³-hybridized carbons (Fsp3) is 0.455. The minimum Gasteiger partial charge on any atom is -0.325 e. The Morgan fingerprint density at radius 2 is 1.87 bits per heavy atom. The second kappa shape index (κ2) is 3.85. The van der Waals surface area contributed by atoms with Crippen LogP contribution in [0.5, 0.6) is 0 Å². The van der Waals surface area contributed by atoms with Crippen LogP contribution >= 0.6 is 0 Å². The van der Waals surface area contributed by atoms with Crippen LogP contribution < -0.4 is 5.73 Å². The first-order valence-electron chi connectivity index (χ1n) is 4.65. The second-order valence-electron chi connectivity index (χ2n) is 3.78. The van der Waals surface area contributed by atoms with E-state index in [2.05, 4.69) is 0 Å². The van der Waals surface area contributed by atoms with Gasteiger partial charge in [0, 0.05) is 0 Å². The normalized spacial score (nSPS) is 16.1. The molecule has 2 N–H and O–H groups in total. The molecule has 0 aromatic heterocycles. The van der Waals surface area contributed by atoms with Gasteiger partial charge in [0.15, 0.2) is 5.67 Å². The summed E-state index contributed by atoms with van der Waals surface area (Å²) in [4.78, 5) is 0. The van der Waals surface area contributed by atoms with E-state index in [0.29, 0.717) is 0 Å². The third-order valence-electron chi connectivity index (χ3n) is 2.50. The Morgan fingerprint density at radius 3 is 2.33 bits per heavy atom. The molecule has 4 heteroatoms. The summed E-state index contributed by atoms with van der Waals surface area (Å²) in [6.07, 6.45) is 0. The quantitative estimate of drug-likeness (QED) is 0.827. The average Bonchev–Trinajstić information content (AvgIpc) is 2.17. The summed E-state index contributed by atoms with van der Waals surface area (Å²) in [5.74, 6) is -3.55. The smallest absolute Gasteiger partial charge is 0.297 e. The van der Waals surface area contributed by atoms with Gasteiger partial charge in [0.1, 0.15) is 0 Å². The lowest BCUT2D eigenvalue weighted by Crippen LogP contribution is -2.45. The number of hydrogen-bond donors (Lipinski definition) is 1. The molecule has 84 valence electrons. The van der Waals surface area contributed by atoms with E-state index < -0.39 is 18.1 Å². The predicted octanol–water partition coefficient (Wildman–Crippen LogP) is 2.77. The summed E-state index contributed by atoms with van der Waals surface area (Å²) < 4.78 is 40.4. The minimum atomic E-state index is -3.55. The summed E-state index contributed by atoms with van der Waals surface area (Å²) in [5, 5.41) is 0. The van der Waals surface area contributed by atoms with Gasteiger partial charge >= 0.3 is 0 Å². The molecule has 0 amide bonds. The number of halogens is 3. The van der Waals surface area contributed by atoms with Gasteiger partial charge in [0.05, 0.1) is 6.54 Å². The maximum absolute atomic E-state index is 14.0. The Morgan fingerprint density at radius 1 is 1.27 bits per heavy atom. The van der Waals surface area contributed by atoms with Gasteiger partial charge in [-0.1, -0.05) is 29.8 Å². The van der Waals surface area contributed by atoms with Crippen molar-refractivity contribution < 1.29 is 13.2 Å². The van der Waals surface area contributed by atoms with Crippen LogP contribution in [0.15, 0.2) is 24.3 Å². The topological polar surface area (TPSA) is 26.0 Å². The number of hydrogen-bond acceptors (Lipinski definition) is 1. The van der Waals surface area contributed by atoms with E-state index in [-0.39, 0.29) is 5.56 Å². The molecule has 0 saturated heterocycles. The van der Waals surface area contributed by atoms with Crippen LogP contribution in [0.2, 0.25) is 0 Å². The molecule has 1 unspecified atom stereocenters. The fourth-order valence-corrected chi connectivity index (χ4v) is 1.34. The molecule has 0 spiro atoms. The van der Waals surface area contributed by atoms with Crippen molar-refractivity contribution in [1.82, 2.24) is 0 Å². The Balaban J connectivity index is 3.16. The first-order valence-corrected chi connectivity index (χ1v) is 4.65. The first kappa shape index (κ1) is 12.0. The molecule has 0 heterocycles. The number of nitrogens with two attached hydrogens (primary N) is 1. The van der Waals surface area contributed by atoms with Crippen LogP contribution in [0.25, 0.3) is 0 Å². The van der Waals surface area contributed by atoms with Crippen LogP contribution in [0.4, 0.5) is 13.2 Å². The standard InChI is InChI=1S/C11H14F3N/c1-8-4-3-5-9(6-8)10(2,12)11(13,14)7-15/h3-6H,7,15H2,1-2H3. The zero-order chi connectivity index (χ0) is 11.7. The number of aryl methyl sites for hydroxylation is 1. The van der Waals surface area contributed by atoms with Gasteiger partial charge in [-0.15, -0.1) is 0 Å². The first-order chi connectivity index (χ1) is 6.81. The molecule has 0 aliphatic carbocycles. The Kier molecular flexibility index (Phi) is 3.09. The zero-order valence-electron chi connectivity index (χ0n) is 8.73. The van der Waals surface area contributed by atoms with Gasteiger partial charge in [-0.25, -0.2) is 13.2 Å². The van der Waals surface area contributed by atoms with Crippen molar-refractivity contribution in [2.45, 2.75) is 25.4 Å². The van der Waals surface area contributed by atoms with E-state index in [9.17, 15) is 13.2 Å². The second-order valence-corrected chi connectivity index (χ2v) is 3.78. The lowest BCUT2D eigenvalue weighted by atomic mass is 9.90. The Hall–Kier alpha value is -1.03. The van der Waals surface area contributed by atoms with Gasteiger partial charge in [-0.3, -0.25) is 0 Å². The van der Waals surface area contributed by atoms with Gasteiger partial charge in [-0.2, -0.15) is 0 Å². The average molecular weight is 217 g/mol. The molecule has 0 fully saturated rings. The summed E-state index contributed by atoms with van der Waals surface area (Å²) >= 11 is 0. The van der Waals surface area contributed by atoms with Crippen molar-refractivity contribution in [3.05, 3.63) is 35.4 Å². The zero-order valence-corrected chi connectivity index (χ0v) is 8.73. The highest BCUT2D eigenvalue weighted by atomic mass is 19.3. The lowest BCUT2D eigenvalue weighted by Gasteiger charge is -2.29. The van der Waals surface area contributed by atoms with E-state index >= 15 is 0 Å². The van der Waals surface area contributed by atoms with E-state index in [0.717, 1.165) is 12.5 Å². The van der Waals surface area contributed by atoms with Crippen molar-refractivity contribution in [3.8, 4) is 0 Å². The SMILES string of the molecule is Cc1cccc(C(C)(F)C(F)(F)CN)c1. The van der Waals surface area contributed by atoms with Crippen molar-refractivity contribution in [1.29, 1.82) is 0 Å². The molecular weight excluding hydrogens is 203 g/mol. The molecule has 1 aromatic carbocycles. The number of benzene rings is 1. The van der Waals surface area contributed by atoms with Crippen molar-refractivity contribution in [2.24, 2.45) is 5.73 Å². The van der Waals surface area contributed by atoms with E-state index in [1.54, 1.807) is 19.1 Å². The number of alkyl halides is 3. The Labute approximate surface area is 87.1 Å². The van der Waals surface area contributed by atoms with E-state index in [1.807, 2.05) is 0 Å². The third-order valence-corrected chi connectivity index (χ3v) is 2.50. The molecule has 0 radical (unpaired) electrons. The third kappa shape index (κ3) is 2.15. The number of rotatable bonds is 3. The molecule has 1 rings (SSSR count). The van der Waals surface area contributed by atoms with Crippen LogP contribution in [0, 0.1) is 6.92 Å². The summed E-state index contributed by atoms with van der Waals surface area (Å²) in [7, 11) is 0. The molecule has 0 aliphatic heterocycles. The van der Waals surface area contributed by atoms with Crippen molar-refractivity contribution in [2.75, 3.05) is 6.54 Å². The van der Waals surface area contributed by atoms with Crippen LogP contribution in [0.1, 0.15) is 18.1 Å². The maximum atomic E-state index is 14.0. The molecule has 0 saturated carbocycles. The van der Waals surface area contributed by atoms with Gasteiger partial charge < -0.3 is 5.73 Å². The van der Waals surface area contributed by atoms with Gasteiger partial charge in [-0.05, 0) is 19.4 Å². The fourth-order valence-electron chi connectivity index (χ4n) is 1.34. The predicted molar refractivity (Wildman–Crippen MR) is 53.6 cm³/mol. The molecule has 0 bridgehead atoms. The van der Waals surface area contributed by atoms with Crippen LogP contribution in [-0.2, 0) is 5.67 Å². The molecule has 1 atom stereocenters. The highest BCUT2D eigenvalue weighted by Crippen LogP contribution is 2.40. The van der Waals surface area contributed by atoms with E-state index in [4.69, 9.17) is 5.73 Å². The Bertz CT molecular complexity index is 347. The summed E-state index contributed by atoms with van der Waals surface area (Å²) in [6, 6.07) is 6.02. The molecule has 1 aromatic rings. The summed E-state index contributed by atoms with van der Waals surface area (Å²) in [6.45, 7) is 1.57. The molecular formula is C11H14F3N. The monoisotopic (exact) mass is 217 g/mol. The largest absolute Gasteiger partial charge is 0.325 e. The highest BCUT2D eigenvalue weighted by Gasteiger charge is 2.51. The van der Waals surface area contributed by atoms with E-state index in [1.165, 1.54) is 12.1 Å². The van der Waals surface area contributed by atoms with Crippen molar-refractivity contribution in [3.63, 3.8) is 0 Å².